The number of likely N-dealkylation sites (tertiary alicyclic amines) is 2. The van der Waals surface area contributed by atoms with Crippen molar-refractivity contribution in [2.75, 3.05) is 32.7 Å². The molecule has 1 N–H and O–H groups in total. The van der Waals surface area contributed by atoms with Crippen molar-refractivity contribution in [1.82, 2.24) is 15.1 Å². The van der Waals surface area contributed by atoms with Crippen molar-refractivity contribution < 1.29 is 4.79 Å². The van der Waals surface area contributed by atoms with Gasteiger partial charge < -0.3 is 15.1 Å². The van der Waals surface area contributed by atoms with Crippen LogP contribution in [0.1, 0.15) is 39.5 Å². The second-order valence-electron chi connectivity index (χ2n) is 5.86. The first-order valence-corrected chi connectivity index (χ1v) is 7.39. The molecule has 0 saturated carbocycles. The van der Waals surface area contributed by atoms with Crippen molar-refractivity contribution in [3.8, 4) is 0 Å². The Morgan fingerprint density at radius 2 is 1.83 bits per heavy atom. The molecule has 4 heteroatoms. The molecule has 1 amide bonds. The van der Waals surface area contributed by atoms with Crippen molar-refractivity contribution in [2.45, 2.75) is 51.6 Å². The fraction of sp³-hybridized carbons (Fsp3) is 0.929. The number of rotatable bonds is 4. The van der Waals surface area contributed by atoms with E-state index in [-0.39, 0.29) is 5.91 Å². The SMILES string of the molecule is CC(=O)N1CCC(NC(C)CN2CCCC2)CC1. The molecule has 2 fully saturated rings. The number of amides is 1. The van der Waals surface area contributed by atoms with E-state index in [4.69, 9.17) is 0 Å². The van der Waals surface area contributed by atoms with Gasteiger partial charge in [0.15, 0.2) is 0 Å². The summed E-state index contributed by atoms with van der Waals surface area (Å²) in [5.41, 5.74) is 0. The Bertz CT molecular complexity index is 268. The third-order valence-electron chi connectivity index (χ3n) is 4.19. The summed E-state index contributed by atoms with van der Waals surface area (Å²) in [5, 5.41) is 3.73. The molecule has 0 bridgehead atoms. The first-order chi connectivity index (χ1) is 8.65. The van der Waals surface area contributed by atoms with Gasteiger partial charge in [-0.3, -0.25) is 4.79 Å². The zero-order chi connectivity index (χ0) is 13.0. The van der Waals surface area contributed by atoms with E-state index in [0.29, 0.717) is 12.1 Å². The second-order valence-corrected chi connectivity index (χ2v) is 5.86. The quantitative estimate of drug-likeness (QED) is 0.814. The summed E-state index contributed by atoms with van der Waals surface area (Å²) in [6, 6.07) is 1.16. The number of hydrogen-bond acceptors (Lipinski definition) is 3. The van der Waals surface area contributed by atoms with Gasteiger partial charge >= 0.3 is 0 Å². The summed E-state index contributed by atoms with van der Waals surface area (Å²) in [6.07, 6.45) is 4.93. The Hall–Kier alpha value is -0.610. The molecule has 0 aromatic heterocycles. The van der Waals surface area contributed by atoms with E-state index in [2.05, 4.69) is 17.1 Å². The number of carbonyl (C=O) groups excluding carboxylic acids is 1. The maximum Gasteiger partial charge on any atom is 0.219 e. The average Bonchev–Trinajstić information content (AvgIpc) is 2.82. The van der Waals surface area contributed by atoms with Crippen LogP contribution < -0.4 is 5.32 Å². The van der Waals surface area contributed by atoms with Crippen LogP contribution in [0, 0.1) is 0 Å². The van der Waals surface area contributed by atoms with E-state index in [9.17, 15) is 4.79 Å². The lowest BCUT2D eigenvalue weighted by Crippen LogP contribution is -2.49. The summed E-state index contributed by atoms with van der Waals surface area (Å²) in [5.74, 6) is 0.221. The summed E-state index contributed by atoms with van der Waals surface area (Å²) in [6.45, 7) is 9.52. The molecule has 0 spiro atoms. The minimum atomic E-state index is 0.221. The van der Waals surface area contributed by atoms with Crippen molar-refractivity contribution in [3.05, 3.63) is 0 Å². The molecule has 4 nitrogen and oxygen atoms in total. The minimum Gasteiger partial charge on any atom is -0.343 e. The Labute approximate surface area is 111 Å². The van der Waals surface area contributed by atoms with Crippen LogP contribution in [0.4, 0.5) is 0 Å². The number of hydrogen-bond donors (Lipinski definition) is 1. The Balaban J connectivity index is 1.65. The predicted molar refractivity (Wildman–Crippen MR) is 73.5 cm³/mol. The highest BCUT2D eigenvalue weighted by molar-refractivity contribution is 5.73. The van der Waals surface area contributed by atoms with E-state index < -0.39 is 0 Å². The summed E-state index contributed by atoms with van der Waals surface area (Å²) in [4.78, 5) is 15.8. The normalized spacial score (nSPS) is 24.4. The summed E-state index contributed by atoms with van der Waals surface area (Å²) in [7, 11) is 0. The number of nitrogens with one attached hydrogen (secondary N) is 1. The maximum absolute atomic E-state index is 11.3. The van der Waals surface area contributed by atoms with Crippen LogP contribution in [0.25, 0.3) is 0 Å². The van der Waals surface area contributed by atoms with E-state index in [0.717, 1.165) is 25.9 Å². The van der Waals surface area contributed by atoms with Crippen LogP contribution >= 0.6 is 0 Å². The summed E-state index contributed by atoms with van der Waals surface area (Å²) >= 11 is 0. The molecule has 0 aromatic rings. The van der Waals surface area contributed by atoms with Gasteiger partial charge in [-0.15, -0.1) is 0 Å². The van der Waals surface area contributed by atoms with Crippen LogP contribution in [-0.4, -0.2) is 60.5 Å². The van der Waals surface area contributed by atoms with Crippen molar-refractivity contribution in [3.63, 3.8) is 0 Å². The molecule has 2 aliphatic rings. The molecule has 0 radical (unpaired) electrons. The van der Waals surface area contributed by atoms with Gasteiger partial charge in [-0.05, 0) is 45.7 Å². The molecule has 2 saturated heterocycles. The number of nitrogens with zero attached hydrogens (tertiary/aromatic N) is 2. The van der Waals surface area contributed by atoms with Crippen molar-refractivity contribution in [2.24, 2.45) is 0 Å². The Kier molecular flexibility index (Phi) is 5.01. The standard InChI is InChI=1S/C14H27N3O/c1-12(11-16-7-3-4-8-16)15-14-5-9-17(10-6-14)13(2)18/h12,14-15H,3-11H2,1-2H3. The van der Waals surface area contributed by atoms with Gasteiger partial charge in [0.25, 0.3) is 0 Å². The molecule has 2 aliphatic heterocycles. The minimum absolute atomic E-state index is 0.221. The third kappa shape index (κ3) is 3.95. The third-order valence-corrected chi connectivity index (χ3v) is 4.19. The van der Waals surface area contributed by atoms with Crippen LogP contribution in [0.2, 0.25) is 0 Å². The predicted octanol–water partition coefficient (Wildman–Crippen LogP) is 1.07. The smallest absolute Gasteiger partial charge is 0.219 e. The Morgan fingerprint density at radius 3 is 2.39 bits per heavy atom. The van der Waals surface area contributed by atoms with Gasteiger partial charge in [0.05, 0.1) is 0 Å². The fourth-order valence-corrected chi connectivity index (χ4v) is 3.17. The van der Waals surface area contributed by atoms with Crippen LogP contribution in [0.5, 0.6) is 0 Å². The van der Waals surface area contributed by atoms with Crippen LogP contribution in [-0.2, 0) is 4.79 Å². The number of carbonyl (C=O) groups is 1. The first-order valence-electron chi connectivity index (χ1n) is 7.39. The molecule has 18 heavy (non-hydrogen) atoms. The molecular weight excluding hydrogens is 226 g/mol. The highest BCUT2D eigenvalue weighted by Crippen LogP contribution is 2.12. The molecule has 104 valence electrons. The monoisotopic (exact) mass is 253 g/mol. The average molecular weight is 253 g/mol. The van der Waals surface area contributed by atoms with Gasteiger partial charge in [0, 0.05) is 38.6 Å². The molecule has 2 heterocycles. The highest BCUT2D eigenvalue weighted by atomic mass is 16.2. The maximum atomic E-state index is 11.3. The zero-order valence-corrected chi connectivity index (χ0v) is 11.8. The fourth-order valence-electron chi connectivity index (χ4n) is 3.17. The molecule has 1 atom stereocenters. The van der Waals surface area contributed by atoms with Crippen molar-refractivity contribution >= 4 is 5.91 Å². The number of piperidine rings is 1. The van der Waals surface area contributed by atoms with Gasteiger partial charge in [0.2, 0.25) is 5.91 Å². The van der Waals surface area contributed by atoms with E-state index in [1.165, 1.54) is 32.5 Å². The van der Waals surface area contributed by atoms with E-state index in [1.54, 1.807) is 6.92 Å². The van der Waals surface area contributed by atoms with Crippen LogP contribution in [0.15, 0.2) is 0 Å². The highest BCUT2D eigenvalue weighted by Gasteiger charge is 2.22. The largest absolute Gasteiger partial charge is 0.343 e. The van der Waals surface area contributed by atoms with Gasteiger partial charge in [-0.1, -0.05) is 0 Å². The lowest BCUT2D eigenvalue weighted by molar-refractivity contribution is -0.129. The van der Waals surface area contributed by atoms with E-state index in [1.807, 2.05) is 4.90 Å². The van der Waals surface area contributed by atoms with Gasteiger partial charge in [0.1, 0.15) is 0 Å². The topological polar surface area (TPSA) is 35.6 Å². The molecule has 0 aliphatic carbocycles. The van der Waals surface area contributed by atoms with Crippen molar-refractivity contribution in [1.29, 1.82) is 0 Å². The first kappa shape index (κ1) is 13.8. The molecule has 2 rings (SSSR count). The Morgan fingerprint density at radius 1 is 1.22 bits per heavy atom. The molecular formula is C14H27N3O. The van der Waals surface area contributed by atoms with Gasteiger partial charge in [-0.25, -0.2) is 0 Å². The second kappa shape index (κ2) is 6.53. The van der Waals surface area contributed by atoms with Gasteiger partial charge in [-0.2, -0.15) is 0 Å². The molecule has 0 aromatic carbocycles. The summed E-state index contributed by atoms with van der Waals surface area (Å²) < 4.78 is 0. The van der Waals surface area contributed by atoms with Crippen LogP contribution in [0.3, 0.4) is 0 Å². The van der Waals surface area contributed by atoms with E-state index >= 15 is 0 Å². The lowest BCUT2D eigenvalue weighted by Gasteiger charge is -2.34. The lowest BCUT2D eigenvalue weighted by atomic mass is 10.0. The molecule has 1 unspecified atom stereocenters. The zero-order valence-electron chi connectivity index (χ0n) is 11.8.